The van der Waals surface area contributed by atoms with Gasteiger partial charge in [-0.15, -0.1) is 0 Å². The number of carbonyl (C=O) groups is 1. The third-order valence-electron chi connectivity index (χ3n) is 4.63. The highest BCUT2D eigenvalue weighted by Crippen LogP contribution is 2.37. The third kappa shape index (κ3) is 2.76. The van der Waals surface area contributed by atoms with Crippen LogP contribution in [0.5, 0.6) is 0 Å². The first kappa shape index (κ1) is 16.1. The molecule has 4 aromatic carbocycles. The van der Waals surface area contributed by atoms with Crippen LogP contribution in [0.25, 0.3) is 33.0 Å². The molecule has 0 amide bonds. The van der Waals surface area contributed by atoms with E-state index in [2.05, 4.69) is 48.5 Å². The fraction of sp³-hybridized carbons (Fsp3) is 0.0417. The molecule has 0 N–H and O–H groups in total. The summed E-state index contributed by atoms with van der Waals surface area (Å²) < 4.78 is 4.98. The molecule has 2 heteroatoms. The molecule has 0 fully saturated rings. The number of hydrogen-bond acceptors (Lipinski definition) is 2. The average molecular weight is 338 g/mol. The van der Waals surface area contributed by atoms with Crippen LogP contribution in [0, 0.1) is 0 Å². The predicted molar refractivity (Wildman–Crippen MR) is 106 cm³/mol. The molecule has 0 aliphatic heterocycles. The first-order valence-electron chi connectivity index (χ1n) is 8.54. The zero-order chi connectivity index (χ0) is 17.9. The van der Waals surface area contributed by atoms with Crippen LogP contribution in [0.4, 0.5) is 0 Å². The maximum absolute atomic E-state index is 12.2. The molecule has 0 unspecified atom stereocenters. The molecule has 0 heterocycles. The van der Waals surface area contributed by atoms with Crippen LogP contribution in [0.1, 0.15) is 10.4 Å². The van der Waals surface area contributed by atoms with Crippen molar-refractivity contribution in [2.45, 2.75) is 0 Å². The van der Waals surface area contributed by atoms with E-state index in [0.29, 0.717) is 5.56 Å². The number of rotatable bonds is 3. The number of fused-ring (bicyclic) bond motifs is 1. The number of ether oxygens (including phenoxy) is 1. The molecule has 126 valence electrons. The molecular weight excluding hydrogens is 320 g/mol. The fourth-order valence-corrected chi connectivity index (χ4v) is 3.42. The Balaban J connectivity index is 1.99. The van der Waals surface area contributed by atoms with Crippen molar-refractivity contribution in [2.75, 3.05) is 7.11 Å². The Labute approximate surface area is 152 Å². The lowest BCUT2D eigenvalue weighted by atomic mass is 9.89. The van der Waals surface area contributed by atoms with Crippen LogP contribution in [0.3, 0.4) is 0 Å². The van der Waals surface area contributed by atoms with Crippen molar-refractivity contribution >= 4 is 16.7 Å². The zero-order valence-electron chi connectivity index (χ0n) is 14.5. The minimum Gasteiger partial charge on any atom is -0.465 e. The minimum atomic E-state index is -0.326. The van der Waals surface area contributed by atoms with Crippen LogP contribution in [-0.4, -0.2) is 13.1 Å². The minimum absolute atomic E-state index is 0.326. The van der Waals surface area contributed by atoms with Gasteiger partial charge in [-0.25, -0.2) is 4.79 Å². The topological polar surface area (TPSA) is 26.3 Å². The lowest BCUT2D eigenvalue weighted by Gasteiger charge is -2.15. The normalized spacial score (nSPS) is 10.7. The summed E-state index contributed by atoms with van der Waals surface area (Å²) in [7, 11) is 1.41. The molecule has 0 atom stereocenters. The summed E-state index contributed by atoms with van der Waals surface area (Å²) in [5.41, 5.74) is 4.72. The molecule has 0 aliphatic rings. The van der Waals surface area contributed by atoms with E-state index in [1.165, 1.54) is 17.9 Å². The predicted octanol–water partition coefficient (Wildman–Crippen LogP) is 5.96. The highest BCUT2D eigenvalue weighted by atomic mass is 16.5. The van der Waals surface area contributed by atoms with Gasteiger partial charge >= 0.3 is 5.97 Å². The lowest BCUT2D eigenvalue weighted by Crippen LogP contribution is -2.03. The standard InChI is InChI=1S/C24H18O2/c1-26-24(25)23-15-7-6-14-22(23)21-13-5-4-12-20(21)19-16-8-10-17-9-2-3-11-18(17)19/h2-16H,1H3. The maximum atomic E-state index is 12.2. The largest absolute Gasteiger partial charge is 0.465 e. The molecule has 4 aromatic rings. The summed E-state index contributed by atoms with van der Waals surface area (Å²) >= 11 is 0. The number of carbonyl (C=O) groups excluding carboxylic acids is 1. The Kier molecular flexibility index (Phi) is 4.24. The van der Waals surface area contributed by atoms with Crippen molar-refractivity contribution in [1.29, 1.82) is 0 Å². The van der Waals surface area contributed by atoms with Crippen LogP contribution in [0.15, 0.2) is 91.0 Å². The average Bonchev–Trinajstić information content (AvgIpc) is 2.73. The number of hydrogen-bond donors (Lipinski definition) is 0. The Morgan fingerprint density at radius 1 is 0.615 bits per heavy atom. The molecule has 2 nitrogen and oxygen atoms in total. The molecule has 0 saturated heterocycles. The zero-order valence-corrected chi connectivity index (χ0v) is 14.5. The Hall–Kier alpha value is -3.39. The van der Waals surface area contributed by atoms with Gasteiger partial charge in [-0.3, -0.25) is 0 Å². The number of esters is 1. The van der Waals surface area contributed by atoms with Crippen molar-refractivity contribution in [2.24, 2.45) is 0 Å². The first-order chi connectivity index (χ1) is 12.8. The van der Waals surface area contributed by atoms with Crippen molar-refractivity contribution in [3.63, 3.8) is 0 Å². The van der Waals surface area contributed by atoms with E-state index in [0.717, 1.165) is 22.3 Å². The SMILES string of the molecule is COC(=O)c1ccccc1-c1ccccc1-c1cccc2ccccc12. The third-order valence-corrected chi connectivity index (χ3v) is 4.63. The molecule has 0 saturated carbocycles. The summed E-state index contributed by atoms with van der Waals surface area (Å²) in [5, 5.41) is 2.39. The first-order valence-corrected chi connectivity index (χ1v) is 8.54. The van der Waals surface area contributed by atoms with Crippen molar-refractivity contribution < 1.29 is 9.53 Å². The maximum Gasteiger partial charge on any atom is 0.338 e. The van der Waals surface area contributed by atoms with Gasteiger partial charge in [0.2, 0.25) is 0 Å². The van der Waals surface area contributed by atoms with Gasteiger partial charge in [0.05, 0.1) is 12.7 Å². The molecular formula is C24H18O2. The molecule has 4 rings (SSSR count). The van der Waals surface area contributed by atoms with Gasteiger partial charge in [0, 0.05) is 0 Å². The van der Waals surface area contributed by atoms with E-state index in [1.54, 1.807) is 6.07 Å². The van der Waals surface area contributed by atoms with Gasteiger partial charge in [-0.1, -0.05) is 84.9 Å². The van der Waals surface area contributed by atoms with Crippen LogP contribution < -0.4 is 0 Å². The van der Waals surface area contributed by atoms with E-state index in [9.17, 15) is 4.79 Å². The molecule has 0 bridgehead atoms. The summed E-state index contributed by atoms with van der Waals surface area (Å²) in [6, 6.07) is 30.4. The Morgan fingerprint density at radius 2 is 1.15 bits per heavy atom. The van der Waals surface area contributed by atoms with Gasteiger partial charge in [0.25, 0.3) is 0 Å². The molecule has 0 aromatic heterocycles. The molecule has 0 radical (unpaired) electrons. The highest BCUT2D eigenvalue weighted by Gasteiger charge is 2.16. The van der Waals surface area contributed by atoms with Crippen LogP contribution in [-0.2, 0) is 4.74 Å². The monoisotopic (exact) mass is 338 g/mol. The summed E-state index contributed by atoms with van der Waals surface area (Å²) in [5.74, 6) is -0.326. The summed E-state index contributed by atoms with van der Waals surface area (Å²) in [6.07, 6.45) is 0. The van der Waals surface area contributed by atoms with Gasteiger partial charge in [0.15, 0.2) is 0 Å². The van der Waals surface area contributed by atoms with Crippen LogP contribution >= 0.6 is 0 Å². The van der Waals surface area contributed by atoms with Crippen molar-refractivity contribution in [1.82, 2.24) is 0 Å². The quantitative estimate of drug-likeness (QED) is 0.431. The lowest BCUT2D eigenvalue weighted by molar-refractivity contribution is 0.0601. The summed E-state index contributed by atoms with van der Waals surface area (Å²) in [4.78, 5) is 12.2. The fourth-order valence-electron chi connectivity index (χ4n) is 3.42. The second kappa shape index (κ2) is 6.85. The number of methoxy groups -OCH3 is 1. The van der Waals surface area contributed by atoms with E-state index < -0.39 is 0 Å². The summed E-state index contributed by atoms with van der Waals surface area (Å²) in [6.45, 7) is 0. The number of benzene rings is 4. The van der Waals surface area contributed by atoms with Gasteiger partial charge in [-0.05, 0) is 39.1 Å². The molecule has 0 aliphatic carbocycles. The Morgan fingerprint density at radius 3 is 1.92 bits per heavy atom. The van der Waals surface area contributed by atoms with Gasteiger partial charge in [-0.2, -0.15) is 0 Å². The smallest absolute Gasteiger partial charge is 0.338 e. The van der Waals surface area contributed by atoms with Crippen LogP contribution in [0.2, 0.25) is 0 Å². The Bertz CT molecular complexity index is 1090. The van der Waals surface area contributed by atoms with Gasteiger partial charge < -0.3 is 4.74 Å². The van der Waals surface area contributed by atoms with E-state index >= 15 is 0 Å². The molecule has 26 heavy (non-hydrogen) atoms. The highest BCUT2D eigenvalue weighted by molar-refractivity contribution is 6.04. The van der Waals surface area contributed by atoms with E-state index in [4.69, 9.17) is 4.74 Å². The second-order valence-corrected chi connectivity index (χ2v) is 6.11. The molecule has 0 spiro atoms. The van der Waals surface area contributed by atoms with Crippen molar-refractivity contribution in [3.05, 3.63) is 96.6 Å². The van der Waals surface area contributed by atoms with Crippen molar-refractivity contribution in [3.8, 4) is 22.3 Å². The van der Waals surface area contributed by atoms with E-state index in [1.807, 2.05) is 36.4 Å². The van der Waals surface area contributed by atoms with E-state index in [-0.39, 0.29) is 5.97 Å². The van der Waals surface area contributed by atoms with Gasteiger partial charge in [0.1, 0.15) is 0 Å². The second-order valence-electron chi connectivity index (χ2n) is 6.11.